The van der Waals surface area contributed by atoms with Gasteiger partial charge in [0.1, 0.15) is 11.5 Å². The third-order valence-corrected chi connectivity index (χ3v) is 2.89. The molecule has 0 unspecified atom stereocenters. The Kier molecular flexibility index (Phi) is 3.64. The third-order valence-electron chi connectivity index (χ3n) is 1.43. The van der Waals surface area contributed by atoms with Crippen LogP contribution in [0.1, 0.15) is 0 Å². The SMILES string of the molecule is COc1cc(OC)c(I)cc1Br. The van der Waals surface area contributed by atoms with Crippen molar-refractivity contribution in [3.8, 4) is 11.5 Å². The highest BCUT2D eigenvalue weighted by Gasteiger charge is 2.06. The van der Waals surface area contributed by atoms with E-state index in [0.29, 0.717) is 0 Å². The number of ether oxygens (including phenoxy) is 2. The van der Waals surface area contributed by atoms with Crippen LogP contribution in [0.15, 0.2) is 16.6 Å². The van der Waals surface area contributed by atoms with Crippen LogP contribution in [-0.4, -0.2) is 14.2 Å². The normalized spacial score (nSPS) is 9.67. The van der Waals surface area contributed by atoms with Crippen molar-refractivity contribution in [1.29, 1.82) is 0 Å². The van der Waals surface area contributed by atoms with Gasteiger partial charge in [-0.15, -0.1) is 0 Å². The van der Waals surface area contributed by atoms with Gasteiger partial charge in [-0.1, -0.05) is 0 Å². The van der Waals surface area contributed by atoms with E-state index in [1.54, 1.807) is 14.2 Å². The molecule has 0 bridgehead atoms. The molecule has 12 heavy (non-hydrogen) atoms. The second kappa shape index (κ2) is 4.32. The monoisotopic (exact) mass is 342 g/mol. The first kappa shape index (κ1) is 10.1. The molecule has 0 radical (unpaired) electrons. The molecule has 66 valence electrons. The molecule has 0 N–H and O–H groups in total. The van der Waals surface area contributed by atoms with Crippen LogP contribution in [0.4, 0.5) is 0 Å². The Labute approximate surface area is 93.5 Å². The number of methoxy groups -OCH3 is 2. The molecule has 0 aliphatic carbocycles. The van der Waals surface area contributed by atoms with E-state index in [2.05, 4.69) is 38.5 Å². The van der Waals surface area contributed by atoms with Crippen molar-refractivity contribution in [1.82, 2.24) is 0 Å². The van der Waals surface area contributed by atoms with Crippen LogP contribution in [0.5, 0.6) is 11.5 Å². The van der Waals surface area contributed by atoms with Crippen LogP contribution in [0, 0.1) is 3.57 Å². The summed E-state index contributed by atoms with van der Waals surface area (Å²) in [6.45, 7) is 0. The Morgan fingerprint density at radius 2 is 1.75 bits per heavy atom. The van der Waals surface area contributed by atoms with E-state index in [0.717, 1.165) is 19.5 Å². The lowest BCUT2D eigenvalue weighted by molar-refractivity contribution is 0.390. The van der Waals surface area contributed by atoms with Crippen molar-refractivity contribution in [2.75, 3.05) is 14.2 Å². The predicted octanol–water partition coefficient (Wildman–Crippen LogP) is 3.07. The number of halogens is 2. The van der Waals surface area contributed by atoms with Gasteiger partial charge in [0, 0.05) is 6.07 Å². The van der Waals surface area contributed by atoms with E-state index in [4.69, 9.17) is 9.47 Å². The molecule has 1 aromatic rings. The molecule has 0 fully saturated rings. The average Bonchev–Trinajstić information content (AvgIpc) is 2.05. The zero-order valence-corrected chi connectivity index (χ0v) is 10.5. The zero-order chi connectivity index (χ0) is 9.14. The summed E-state index contributed by atoms with van der Waals surface area (Å²) in [4.78, 5) is 0. The highest BCUT2D eigenvalue weighted by Crippen LogP contribution is 2.33. The molecular formula is C8H8BrIO2. The molecule has 0 atom stereocenters. The summed E-state index contributed by atoms with van der Waals surface area (Å²) < 4.78 is 12.2. The van der Waals surface area contributed by atoms with Crippen molar-refractivity contribution in [2.45, 2.75) is 0 Å². The second-order valence-corrected chi connectivity index (χ2v) is 4.14. The highest BCUT2D eigenvalue weighted by atomic mass is 127. The van der Waals surface area contributed by atoms with Crippen molar-refractivity contribution >= 4 is 38.5 Å². The minimum atomic E-state index is 0.785. The Morgan fingerprint density at radius 1 is 1.17 bits per heavy atom. The summed E-state index contributed by atoms with van der Waals surface area (Å²) >= 11 is 5.59. The summed E-state index contributed by atoms with van der Waals surface area (Å²) in [7, 11) is 3.28. The lowest BCUT2D eigenvalue weighted by Crippen LogP contribution is -1.90. The maximum atomic E-state index is 5.13. The molecular weight excluding hydrogens is 335 g/mol. The molecule has 2 nitrogen and oxygen atoms in total. The molecule has 0 aliphatic heterocycles. The molecule has 1 rings (SSSR count). The maximum absolute atomic E-state index is 5.13. The first-order valence-electron chi connectivity index (χ1n) is 3.26. The lowest BCUT2D eigenvalue weighted by Gasteiger charge is -2.07. The fourth-order valence-corrected chi connectivity index (χ4v) is 2.44. The van der Waals surface area contributed by atoms with E-state index in [9.17, 15) is 0 Å². The van der Waals surface area contributed by atoms with Gasteiger partial charge in [0.05, 0.1) is 22.3 Å². The molecule has 0 spiro atoms. The van der Waals surface area contributed by atoms with Gasteiger partial charge in [-0.3, -0.25) is 0 Å². The molecule has 0 heterocycles. The summed E-state index contributed by atoms with van der Waals surface area (Å²) in [5.41, 5.74) is 0. The van der Waals surface area contributed by atoms with Crippen molar-refractivity contribution in [3.05, 3.63) is 20.2 Å². The first-order valence-corrected chi connectivity index (χ1v) is 5.13. The van der Waals surface area contributed by atoms with Crippen LogP contribution < -0.4 is 9.47 Å². The lowest BCUT2D eigenvalue weighted by atomic mass is 10.3. The third kappa shape index (κ3) is 2.04. The number of benzene rings is 1. The molecule has 4 heteroatoms. The Hall–Kier alpha value is 0.0300. The zero-order valence-electron chi connectivity index (χ0n) is 6.73. The van der Waals surface area contributed by atoms with Gasteiger partial charge >= 0.3 is 0 Å². The average molecular weight is 343 g/mol. The van der Waals surface area contributed by atoms with Gasteiger partial charge in [-0.2, -0.15) is 0 Å². The van der Waals surface area contributed by atoms with Crippen molar-refractivity contribution in [3.63, 3.8) is 0 Å². The summed E-state index contributed by atoms with van der Waals surface area (Å²) in [5, 5.41) is 0. The van der Waals surface area contributed by atoms with Crippen LogP contribution in [0.2, 0.25) is 0 Å². The van der Waals surface area contributed by atoms with Crippen LogP contribution in [-0.2, 0) is 0 Å². The van der Waals surface area contributed by atoms with Crippen LogP contribution in [0.25, 0.3) is 0 Å². The Balaban J connectivity index is 3.18. The van der Waals surface area contributed by atoms with E-state index in [1.165, 1.54) is 0 Å². The predicted molar refractivity (Wildman–Crippen MR) is 60.0 cm³/mol. The Morgan fingerprint density at radius 3 is 2.25 bits per heavy atom. The standard InChI is InChI=1S/C8H8BrIO2/c1-11-7-4-8(12-2)6(10)3-5(7)9/h3-4H,1-2H3. The quantitative estimate of drug-likeness (QED) is 0.769. The number of rotatable bonds is 2. The summed E-state index contributed by atoms with van der Waals surface area (Å²) in [5.74, 6) is 1.61. The largest absolute Gasteiger partial charge is 0.496 e. The van der Waals surface area contributed by atoms with Gasteiger partial charge in [0.25, 0.3) is 0 Å². The highest BCUT2D eigenvalue weighted by molar-refractivity contribution is 14.1. The van der Waals surface area contributed by atoms with Crippen molar-refractivity contribution in [2.24, 2.45) is 0 Å². The molecule has 0 aromatic heterocycles. The summed E-state index contributed by atoms with van der Waals surface area (Å²) in [6, 6.07) is 3.81. The number of hydrogen-bond donors (Lipinski definition) is 0. The van der Waals surface area contributed by atoms with Gasteiger partial charge in [-0.05, 0) is 44.6 Å². The van der Waals surface area contributed by atoms with Gasteiger partial charge in [0.15, 0.2) is 0 Å². The minimum absolute atomic E-state index is 0.785. The second-order valence-electron chi connectivity index (χ2n) is 2.12. The minimum Gasteiger partial charge on any atom is -0.496 e. The first-order chi connectivity index (χ1) is 5.69. The molecule has 0 amide bonds. The van der Waals surface area contributed by atoms with Gasteiger partial charge in [0.2, 0.25) is 0 Å². The maximum Gasteiger partial charge on any atom is 0.136 e. The van der Waals surface area contributed by atoms with Crippen molar-refractivity contribution < 1.29 is 9.47 Å². The van der Waals surface area contributed by atoms with E-state index in [1.807, 2.05) is 12.1 Å². The van der Waals surface area contributed by atoms with Crippen LogP contribution in [0.3, 0.4) is 0 Å². The van der Waals surface area contributed by atoms with Crippen LogP contribution >= 0.6 is 38.5 Å². The van der Waals surface area contributed by atoms with E-state index >= 15 is 0 Å². The van der Waals surface area contributed by atoms with E-state index < -0.39 is 0 Å². The fourth-order valence-electron chi connectivity index (χ4n) is 0.823. The topological polar surface area (TPSA) is 18.5 Å². The molecule has 0 aliphatic rings. The molecule has 1 aromatic carbocycles. The van der Waals surface area contributed by atoms with Gasteiger partial charge in [-0.25, -0.2) is 0 Å². The van der Waals surface area contributed by atoms with Gasteiger partial charge < -0.3 is 9.47 Å². The number of hydrogen-bond acceptors (Lipinski definition) is 2. The fraction of sp³-hybridized carbons (Fsp3) is 0.250. The summed E-state index contributed by atoms with van der Waals surface area (Å²) in [6.07, 6.45) is 0. The molecule has 0 saturated carbocycles. The van der Waals surface area contributed by atoms with E-state index in [-0.39, 0.29) is 0 Å². The smallest absolute Gasteiger partial charge is 0.136 e. The molecule has 0 saturated heterocycles. The Bertz CT molecular complexity index is 263.